The zero-order chi connectivity index (χ0) is 29.9. The number of aromatic nitrogens is 8. The SMILES string of the molecule is Nc1nc2c(nnn2[C@@H]2S[C@H](CO)[C@@H](F)[C@H]2OP(O)(=S)OC[C@H]2O[C@@H](n3ccc4c(N)ncnc43)[C@@H](F)[C@@H]2O)c(=O)[nH]1. The van der Waals surface area contributed by atoms with Gasteiger partial charge in [-0.15, -0.1) is 16.9 Å². The Labute approximate surface area is 242 Å². The number of halogens is 2. The van der Waals surface area contributed by atoms with Crippen LogP contribution in [0.25, 0.3) is 22.2 Å². The third kappa shape index (κ3) is 5.03. The van der Waals surface area contributed by atoms with E-state index in [-0.39, 0.29) is 28.6 Å². The third-order valence-electron chi connectivity index (χ3n) is 6.80. The molecule has 2 aliphatic heterocycles. The number of fused-ring (bicyclic) bond motifs is 2. The van der Waals surface area contributed by atoms with Crippen molar-refractivity contribution in [3.05, 3.63) is 28.9 Å². The number of aliphatic hydroxyl groups excluding tert-OH is 2. The number of nitrogen functional groups attached to an aromatic ring is 2. The second-order valence-electron chi connectivity index (χ2n) is 9.40. The van der Waals surface area contributed by atoms with E-state index < -0.39 is 73.0 Å². The Morgan fingerprint density at radius 2 is 2.05 bits per heavy atom. The first kappa shape index (κ1) is 29.2. The predicted molar refractivity (Wildman–Crippen MR) is 147 cm³/mol. The summed E-state index contributed by atoms with van der Waals surface area (Å²) in [5, 5.41) is 26.1. The number of thioether (sulfide) groups is 1. The molecule has 0 radical (unpaired) electrons. The second kappa shape index (κ2) is 11.0. The highest BCUT2D eigenvalue weighted by atomic mass is 32.5. The van der Waals surface area contributed by atoms with Crippen molar-refractivity contribution >= 4 is 64.3 Å². The Bertz CT molecular complexity index is 1740. The molecule has 9 atom stereocenters. The van der Waals surface area contributed by atoms with Gasteiger partial charge in [0.15, 0.2) is 23.6 Å². The van der Waals surface area contributed by atoms with Crippen LogP contribution in [0, 0.1) is 0 Å². The molecule has 0 bridgehead atoms. The smallest absolute Gasteiger partial charge is 0.325 e. The van der Waals surface area contributed by atoms with Crippen LogP contribution in [0.4, 0.5) is 20.5 Å². The molecule has 1 unspecified atom stereocenters. The van der Waals surface area contributed by atoms with E-state index >= 15 is 8.78 Å². The Kier molecular flexibility index (Phi) is 7.64. The van der Waals surface area contributed by atoms with Gasteiger partial charge in [0.25, 0.3) is 5.56 Å². The summed E-state index contributed by atoms with van der Waals surface area (Å²) in [4.78, 5) is 37.3. The van der Waals surface area contributed by atoms with Gasteiger partial charge in [-0.05, 0) is 17.9 Å². The fourth-order valence-electron chi connectivity index (χ4n) is 4.79. The Morgan fingerprint density at radius 3 is 2.81 bits per heavy atom. The number of nitrogens with one attached hydrogen (secondary N) is 1. The van der Waals surface area contributed by atoms with Crippen LogP contribution in [-0.4, -0.2) is 104 Å². The van der Waals surface area contributed by atoms with Crippen molar-refractivity contribution in [3.63, 3.8) is 0 Å². The lowest BCUT2D eigenvalue weighted by Crippen LogP contribution is -2.33. The van der Waals surface area contributed by atoms with Gasteiger partial charge in [-0.2, -0.15) is 4.98 Å². The highest BCUT2D eigenvalue weighted by Crippen LogP contribution is 2.54. The van der Waals surface area contributed by atoms with Gasteiger partial charge in [0.2, 0.25) is 5.95 Å². The number of rotatable bonds is 8. The first-order chi connectivity index (χ1) is 20.0. The lowest BCUT2D eigenvalue weighted by atomic mass is 10.1. The maximum Gasteiger partial charge on any atom is 0.325 e. The summed E-state index contributed by atoms with van der Waals surface area (Å²) in [6.45, 7) is -5.52. The first-order valence-corrected chi connectivity index (χ1v) is 15.7. The largest absolute Gasteiger partial charge is 0.395 e. The van der Waals surface area contributed by atoms with Crippen molar-refractivity contribution in [2.45, 2.75) is 47.5 Å². The van der Waals surface area contributed by atoms with Gasteiger partial charge < -0.3 is 40.4 Å². The molecule has 0 amide bonds. The van der Waals surface area contributed by atoms with E-state index in [0.717, 1.165) is 16.4 Å². The third-order valence-corrected chi connectivity index (χ3v) is 9.87. The second-order valence-corrected chi connectivity index (χ2v) is 13.6. The molecule has 2 aliphatic rings. The summed E-state index contributed by atoms with van der Waals surface area (Å²) in [6, 6.07) is 1.57. The van der Waals surface area contributed by atoms with Gasteiger partial charge in [0.05, 0.1) is 23.8 Å². The molecule has 0 aliphatic carbocycles. The first-order valence-electron chi connectivity index (χ1n) is 12.2. The van der Waals surface area contributed by atoms with E-state index in [2.05, 4.69) is 30.2 Å². The summed E-state index contributed by atoms with van der Waals surface area (Å²) < 4.78 is 49.5. The molecule has 6 heterocycles. The molecule has 4 aromatic rings. The van der Waals surface area contributed by atoms with E-state index in [0.29, 0.717) is 5.39 Å². The number of anilines is 2. The van der Waals surface area contributed by atoms with E-state index in [9.17, 15) is 19.9 Å². The van der Waals surface area contributed by atoms with Gasteiger partial charge in [0.1, 0.15) is 47.6 Å². The summed E-state index contributed by atoms with van der Waals surface area (Å²) in [6.07, 6.45) is -7.01. The lowest BCUT2D eigenvalue weighted by Gasteiger charge is -2.26. The monoisotopic (exact) mass is 648 g/mol. The molecule has 2 saturated heterocycles. The average Bonchev–Trinajstić information content (AvgIpc) is 3.69. The normalized spacial score (nSPS) is 31.3. The van der Waals surface area contributed by atoms with E-state index in [4.69, 9.17) is 37.1 Å². The van der Waals surface area contributed by atoms with Crippen molar-refractivity contribution in [1.29, 1.82) is 0 Å². The van der Waals surface area contributed by atoms with Gasteiger partial charge in [-0.1, -0.05) is 5.21 Å². The van der Waals surface area contributed by atoms with Crippen LogP contribution in [0.2, 0.25) is 0 Å². The van der Waals surface area contributed by atoms with Crippen LogP contribution >= 0.6 is 18.5 Å². The molecule has 226 valence electrons. The Hall–Kier alpha value is -2.88. The van der Waals surface area contributed by atoms with Crippen LogP contribution in [0.5, 0.6) is 0 Å². The number of ether oxygens (including phenoxy) is 1. The van der Waals surface area contributed by atoms with Gasteiger partial charge in [0, 0.05) is 6.20 Å². The standard InChI is InChI=1S/C20H23F2N10O7PS2/c21-9-8(3-33)42-19(32-16-11(29-30-32)17(35)28-20(24)27-16)13(9)39-40(36,41)37-4-7-12(34)10(22)18(38-7)31-2-1-6-14(23)25-5-26-15(6)31/h1-2,5,7-10,12-13,18-19,33-34H,3-4H2,(H,36,41)(H2,23,25,26)(H3,24,27,28,35)/t7-,8-,9-,10+,12-,13-,18-,19-,40?/m1/s1. The molecule has 2 fully saturated rings. The minimum absolute atomic E-state index is 0.0904. The van der Waals surface area contributed by atoms with Crippen molar-refractivity contribution < 1.29 is 37.7 Å². The topological polar surface area (TPSA) is 248 Å². The number of hydrogen-bond donors (Lipinski definition) is 6. The molecular formula is C20H23F2N10O7PS2. The molecule has 17 nitrogen and oxygen atoms in total. The summed E-state index contributed by atoms with van der Waals surface area (Å²) >= 11 is 5.98. The zero-order valence-electron chi connectivity index (χ0n) is 21.0. The Balaban J connectivity index is 1.19. The van der Waals surface area contributed by atoms with Crippen LogP contribution in [0.15, 0.2) is 23.4 Å². The quantitative estimate of drug-likeness (QED) is 0.129. The van der Waals surface area contributed by atoms with E-state index in [1.54, 1.807) is 6.07 Å². The number of nitrogens with two attached hydrogens (primary N) is 2. The van der Waals surface area contributed by atoms with Gasteiger partial charge in [-0.3, -0.25) is 14.3 Å². The number of aliphatic hydroxyl groups is 2. The highest BCUT2D eigenvalue weighted by molar-refractivity contribution is 8.07. The van der Waals surface area contributed by atoms with E-state index in [1.807, 2.05) is 0 Å². The minimum Gasteiger partial charge on any atom is -0.395 e. The Morgan fingerprint density at radius 1 is 1.26 bits per heavy atom. The molecule has 0 saturated carbocycles. The van der Waals surface area contributed by atoms with Crippen LogP contribution in [0.1, 0.15) is 11.6 Å². The molecule has 42 heavy (non-hydrogen) atoms. The summed E-state index contributed by atoms with van der Waals surface area (Å²) in [5.41, 5.74) is 10.8. The fraction of sp³-hybridized carbons (Fsp3) is 0.500. The molecular weight excluding hydrogens is 625 g/mol. The molecule has 6 rings (SSSR count). The number of nitrogens with zero attached hydrogens (tertiary/aromatic N) is 7. The number of aromatic amines is 1. The number of H-pyrrole nitrogens is 1. The van der Waals surface area contributed by atoms with Gasteiger partial charge in [-0.25, -0.2) is 23.4 Å². The minimum atomic E-state index is -4.29. The van der Waals surface area contributed by atoms with Gasteiger partial charge >= 0.3 is 6.72 Å². The summed E-state index contributed by atoms with van der Waals surface area (Å²) in [5.74, 6) is -0.0697. The lowest BCUT2D eigenvalue weighted by molar-refractivity contribution is -0.0459. The zero-order valence-corrected chi connectivity index (χ0v) is 23.6. The molecule has 22 heteroatoms. The van der Waals surface area contributed by atoms with Crippen LogP contribution in [0.3, 0.4) is 0 Å². The van der Waals surface area contributed by atoms with Crippen molar-refractivity contribution in [2.75, 3.05) is 24.7 Å². The molecule has 8 N–H and O–H groups in total. The molecule has 4 aromatic heterocycles. The molecule has 0 spiro atoms. The molecule has 0 aromatic carbocycles. The van der Waals surface area contributed by atoms with Crippen molar-refractivity contribution in [3.8, 4) is 0 Å². The van der Waals surface area contributed by atoms with Crippen LogP contribution < -0.4 is 17.0 Å². The predicted octanol–water partition coefficient (Wildman–Crippen LogP) is -0.717. The van der Waals surface area contributed by atoms with Crippen LogP contribution in [-0.2, 0) is 25.6 Å². The van der Waals surface area contributed by atoms with Crippen molar-refractivity contribution in [1.82, 2.24) is 39.5 Å². The average molecular weight is 649 g/mol. The fourth-order valence-corrected chi connectivity index (χ4v) is 7.66. The maximum atomic E-state index is 15.4. The number of hydrogen-bond acceptors (Lipinski definition) is 15. The summed E-state index contributed by atoms with van der Waals surface area (Å²) in [7, 11) is 0. The van der Waals surface area contributed by atoms with Crippen molar-refractivity contribution in [2.24, 2.45) is 0 Å². The highest BCUT2D eigenvalue weighted by Gasteiger charge is 2.51. The maximum absolute atomic E-state index is 15.4. The number of alkyl halides is 2. The van der Waals surface area contributed by atoms with E-state index in [1.165, 1.54) is 17.1 Å².